The summed E-state index contributed by atoms with van der Waals surface area (Å²) in [7, 11) is 1.62. The number of rotatable bonds is 4. The van der Waals surface area contributed by atoms with E-state index >= 15 is 0 Å². The maximum absolute atomic E-state index is 13.1. The van der Waals surface area contributed by atoms with Gasteiger partial charge in [-0.15, -0.1) is 0 Å². The van der Waals surface area contributed by atoms with Crippen LogP contribution in [0.4, 0.5) is 5.69 Å². The van der Waals surface area contributed by atoms with Gasteiger partial charge in [0.15, 0.2) is 0 Å². The van der Waals surface area contributed by atoms with E-state index in [9.17, 15) is 19.7 Å². The van der Waals surface area contributed by atoms with Crippen molar-refractivity contribution in [1.82, 2.24) is 14.0 Å². The van der Waals surface area contributed by atoms with Crippen molar-refractivity contribution < 1.29 is 14.5 Å². The van der Waals surface area contributed by atoms with Crippen LogP contribution in [0, 0.1) is 16.0 Å². The van der Waals surface area contributed by atoms with E-state index in [-0.39, 0.29) is 24.3 Å². The molecule has 31 heavy (non-hydrogen) atoms. The average Bonchev–Trinajstić information content (AvgIpc) is 3.15. The molecule has 0 N–H and O–H groups in total. The van der Waals surface area contributed by atoms with Gasteiger partial charge in [0.25, 0.3) is 0 Å². The fourth-order valence-corrected chi connectivity index (χ4v) is 4.97. The van der Waals surface area contributed by atoms with Gasteiger partial charge in [0, 0.05) is 54.4 Å². The summed E-state index contributed by atoms with van der Waals surface area (Å²) in [6.45, 7) is 1.71. The molecule has 9 nitrogen and oxygen atoms in total. The monoisotopic (exact) mass is 422 g/mol. The number of carbonyl (C=O) groups is 1. The summed E-state index contributed by atoms with van der Waals surface area (Å²) in [5.41, 5.74) is 0.803. The van der Waals surface area contributed by atoms with Crippen LogP contribution in [-0.4, -0.2) is 45.1 Å². The molecule has 1 amide bonds. The lowest BCUT2D eigenvalue weighted by molar-refractivity contribution is -0.386. The Morgan fingerprint density at radius 1 is 1.19 bits per heavy atom. The maximum atomic E-state index is 13.1. The van der Waals surface area contributed by atoms with Crippen molar-refractivity contribution in [2.45, 2.75) is 25.4 Å². The molecule has 5 rings (SSSR count). The highest BCUT2D eigenvalue weighted by Crippen LogP contribution is 2.35. The third-order valence-corrected chi connectivity index (χ3v) is 6.42. The second-order valence-corrected chi connectivity index (χ2v) is 8.28. The Kier molecular flexibility index (Phi) is 4.53. The Labute approximate surface area is 177 Å². The number of nitro groups is 1. The normalized spacial score (nSPS) is 19.8. The Morgan fingerprint density at radius 3 is 2.81 bits per heavy atom. The van der Waals surface area contributed by atoms with Crippen LogP contribution < -0.4 is 10.3 Å². The number of piperidine rings is 1. The molecule has 4 heterocycles. The molecule has 0 spiro atoms. The Bertz CT molecular complexity index is 1260. The van der Waals surface area contributed by atoms with Crippen molar-refractivity contribution in [2.75, 3.05) is 20.2 Å². The van der Waals surface area contributed by atoms with E-state index in [1.165, 1.54) is 10.6 Å². The molecule has 9 heteroatoms. The molecule has 1 aromatic carbocycles. The first kappa shape index (κ1) is 19.3. The van der Waals surface area contributed by atoms with Gasteiger partial charge in [-0.1, -0.05) is 0 Å². The summed E-state index contributed by atoms with van der Waals surface area (Å²) in [5, 5.41) is 12.1. The third-order valence-electron chi connectivity index (χ3n) is 6.42. The predicted octanol–water partition coefficient (Wildman–Crippen LogP) is 2.37. The van der Waals surface area contributed by atoms with E-state index in [0.717, 1.165) is 28.8 Å². The lowest BCUT2D eigenvalue weighted by atomic mass is 9.83. The maximum Gasteiger partial charge on any atom is 0.334 e. The van der Waals surface area contributed by atoms with Gasteiger partial charge in [-0.05, 0) is 42.7 Å². The minimum absolute atomic E-state index is 0.00983. The number of fused-ring (bicyclic) bond motifs is 5. The zero-order valence-electron chi connectivity index (χ0n) is 17.1. The zero-order chi connectivity index (χ0) is 21.7. The van der Waals surface area contributed by atoms with Gasteiger partial charge in [-0.25, -0.2) is 0 Å². The summed E-state index contributed by atoms with van der Waals surface area (Å²) in [5.74, 6) is 0.923. The molecule has 0 radical (unpaired) electrons. The second-order valence-electron chi connectivity index (χ2n) is 8.28. The smallest absolute Gasteiger partial charge is 0.334 e. The number of methoxy groups -OCH3 is 1. The number of carbonyl (C=O) groups excluding carboxylic acids is 1. The molecule has 2 aliphatic heterocycles. The SMILES string of the molecule is COc1ccc2c(ccn2CC(=O)N2CC3C[C@@H](C2)Cn2c3ccc([N+](=O)[O-])c2=O)c1. The summed E-state index contributed by atoms with van der Waals surface area (Å²) in [6, 6.07) is 10.7. The summed E-state index contributed by atoms with van der Waals surface area (Å²) in [4.78, 5) is 38.0. The Balaban J connectivity index is 1.37. The number of likely N-dealkylation sites (tertiary alicyclic amines) is 1. The number of amides is 1. The summed E-state index contributed by atoms with van der Waals surface area (Å²) >= 11 is 0. The van der Waals surface area contributed by atoms with Crippen LogP contribution in [0.5, 0.6) is 5.75 Å². The summed E-state index contributed by atoms with van der Waals surface area (Å²) in [6.07, 6.45) is 2.79. The lowest BCUT2D eigenvalue weighted by Gasteiger charge is -2.42. The van der Waals surface area contributed by atoms with E-state index in [1.807, 2.05) is 39.9 Å². The number of nitrogens with zero attached hydrogens (tertiary/aromatic N) is 4. The van der Waals surface area contributed by atoms with Crippen molar-refractivity contribution in [3.8, 4) is 5.75 Å². The van der Waals surface area contributed by atoms with Crippen molar-refractivity contribution in [1.29, 1.82) is 0 Å². The average molecular weight is 422 g/mol. The molecule has 1 unspecified atom stereocenters. The summed E-state index contributed by atoms with van der Waals surface area (Å²) < 4.78 is 8.73. The molecule has 2 bridgehead atoms. The van der Waals surface area contributed by atoms with Gasteiger partial charge in [-0.2, -0.15) is 0 Å². The molecule has 2 aromatic heterocycles. The second kappa shape index (κ2) is 7.26. The van der Waals surface area contributed by atoms with Crippen molar-refractivity contribution >= 4 is 22.5 Å². The Morgan fingerprint density at radius 2 is 2.03 bits per heavy atom. The first-order chi connectivity index (χ1) is 14.9. The van der Waals surface area contributed by atoms with Crippen LogP contribution in [0.15, 0.2) is 47.4 Å². The van der Waals surface area contributed by atoms with Gasteiger partial charge in [-0.3, -0.25) is 19.7 Å². The van der Waals surface area contributed by atoms with Gasteiger partial charge >= 0.3 is 11.2 Å². The molecule has 160 valence electrons. The number of benzene rings is 1. The van der Waals surface area contributed by atoms with Crippen molar-refractivity contribution in [3.63, 3.8) is 0 Å². The van der Waals surface area contributed by atoms with E-state index in [1.54, 1.807) is 13.2 Å². The van der Waals surface area contributed by atoms with Crippen LogP contribution in [-0.2, 0) is 17.9 Å². The largest absolute Gasteiger partial charge is 0.497 e. The molecular formula is C22H22N4O5. The Hall–Kier alpha value is -3.62. The minimum atomic E-state index is -0.632. The molecule has 1 fully saturated rings. The van der Waals surface area contributed by atoms with E-state index in [0.29, 0.717) is 19.6 Å². The van der Waals surface area contributed by atoms with Crippen LogP contribution in [0.1, 0.15) is 18.0 Å². The first-order valence-corrected chi connectivity index (χ1v) is 10.2. The fourth-order valence-electron chi connectivity index (χ4n) is 4.97. The fraction of sp³-hybridized carbons (Fsp3) is 0.364. The van der Waals surface area contributed by atoms with Crippen LogP contribution in [0.2, 0.25) is 0 Å². The highest BCUT2D eigenvalue weighted by Gasteiger charge is 2.37. The molecule has 3 aromatic rings. The van der Waals surface area contributed by atoms with E-state index in [4.69, 9.17) is 4.74 Å². The standard InChI is InChI=1S/C22H22N4O5/c1-31-17-2-3-18-15(9-17)6-7-23(18)13-21(27)24-10-14-8-16(12-24)19-4-5-20(26(29)30)22(28)25(19)11-14/h2-7,9,14,16H,8,10-13H2,1H3/t14-,16?/m0/s1. The zero-order valence-corrected chi connectivity index (χ0v) is 17.1. The van der Waals surface area contributed by atoms with Gasteiger partial charge in [0.1, 0.15) is 12.3 Å². The first-order valence-electron chi connectivity index (χ1n) is 10.2. The molecule has 2 atom stereocenters. The minimum Gasteiger partial charge on any atom is -0.497 e. The number of hydrogen-bond donors (Lipinski definition) is 0. The van der Waals surface area contributed by atoms with Gasteiger partial charge in [0.2, 0.25) is 5.91 Å². The number of pyridine rings is 1. The van der Waals surface area contributed by atoms with Gasteiger partial charge in [0.05, 0.1) is 12.0 Å². The van der Waals surface area contributed by atoms with Crippen molar-refractivity contribution in [2.24, 2.45) is 5.92 Å². The number of ether oxygens (including phenoxy) is 1. The highest BCUT2D eigenvalue weighted by molar-refractivity contribution is 5.84. The number of hydrogen-bond acceptors (Lipinski definition) is 5. The van der Waals surface area contributed by atoms with Crippen LogP contribution in [0.3, 0.4) is 0 Å². The number of aromatic nitrogens is 2. The van der Waals surface area contributed by atoms with E-state index < -0.39 is 16.2 Å². The quantitative estimate of drug-likeness (QED) is 0.475. The molecular weight excluding hydrogens is 400 g/mol. The third kappa shape index (κ3) is 3.26. The molecule has 0 aliphatic carbocycles. The lowest BCUT2D eigenvalue weighted by Crippen LogP contribution is -2.50. The molecule has 2 aliphatic rings. The van der Waals surface area contributed by atoms with Crippen LogP contribution >= 0.6 is 0 Å². The van der Waals surface area contributed by atoms with Crippen LogP contribution in [0.25, 0.3) is 10.9 Å². The molecule has 0 saturated carbocycles. The molecule has 1 saturated heterocycles. The van der Waals surface area contributed by atoms with Gasteiger partial charge < -0.3 is 18.8 Å². The van der Waals surface area contributed by atoms with Crippen molar-refractivity contribution in [3.05, 3.63) is 68.8 Å². The van der Waals surface area contributed by atoms with E-state index in [2.05, 4.69) is 0 Å². The predicted molar refractivity (Wildman–Crippen MR) is 113 cm³/mol. The topological polar surface area (TPSA) is 99.6 Å². The highest BCUT2D eigenvalue weighted by atomic mass is 16.6.